The first-order valence-electron chi connectivity index (χ1n) is 14.3. The summed E-state index contributed by atoms with van der Waals surface area (Å²) in [5.41, 5.74) is 0. The van der Waals surface area contributed by atoms with E-state index in [0.29, 0.717) is 0 Å². The van der Waals surface area contributed by atoms with E-state index in [9.17, 15) is 0 Å². The molecule has 0 aromatic carbocycles. The SMILES string of the molecule is C1CC2CC1C[CH]2[Ti]([CH]1CC2CCC1C2)([CH]1CC2CCC1C2)[CH]1CC2CCC1C2. The fourth-order valence-electron chi connectivity index (χ4n) is 13.1. The van der Waals surface area contributed by atoms with Crippen LogP contribution in [-0.2, 0) is 16.6 Å². The van der Waals surface area contributed by atoms with Crippen LogP contribution in [0.4, 0.5) is 0 Å². The molecule has 8 saturated carbocycles. The maximum absolute atomic E-state index is 2.02. The third kappa shape index (κ3) is 2.38. The van der Waals surface area contributed by atoms with Gasteiger partial charge in [0.2, 0.25) is 0 Å². The molecule has 8 aliphatic carbocycles. The fraction of sp³-hybridized carbons (Fsp3) is 1.00. The van der Waals surface area contributed by atoms with Crippen molar-refractivity contribution in [3.8, 4) is 0 Å². The molecule has 12 unspecified atom stereocenters. The zero-order valence-electron chi connectivity index (χ0n) is 18.7. The van der Waals surface area contributed by atoms with Crippen LogP contribution in [0.3, 0.4) is 0 Å². The molecule has 0 N–H and O–H groups in total. The van der Waals surface area contributed by atoms with Crippen LogP contribution in [0.15, 0.2) is 0 Å². The van der Waals surface area contributed by atoms with Gasteiger partial charge in [0, 0.05) is 0 Å². The van der Waals surface area contributed by atoms with Crippen LogP contribution in [0.1, 0.15) is 103 Å². The van der Waals surface area contributed by atoms with E-state index in [1.807, 2.05) is 0 Å². The third-order valence-electron chi connectivity index (χ3n) is 13.5. The molecular weight excluding hydrogens is 384 g/mol. The molecule has 0 radical (unpaired) electrons. The maximum atomic E-state index is 1.78. The van der Waals surface area contributed by atoms with Gasteiger partial charge in [0.25, 0.3) is 0 Å². The van der Waals surface area contributed by atoms with E-state index >= 15 is 0 Å². The minimum atomic E-state index is -2.02. The van der Waals surface area contributed by atoms with Crippen molar-refractivity contribution in [2.24, 2.45) is 47.3 Å². The fourth-order valence-corrected chi connectivity index (χ4v) is 29.9. The summed E-state index contributed by atoms with van der Waals surface area (Å²) in [5, 5.41) is 0. The molecule has 0 aliphatic heterocycles. The Hall–Kier alpha value is 0.714. The Morgan fingerprint density at radius 3 is 0.759 bits per heavy atom. The van der Waals surface area contributed by atoms with Crippen LogP contribution in [0.2, 0.25) is 16.9 Å². The number of hydrogen-bond donors (Lipinski definition) is 0. The number of rotatable bonds is 4. The first kappa shape index (κ1) is 18.2. The minimum absolute atomic E-state index is 1.20. The van der Waals surface area contributed by atoms with Crippen LogP contribution in [-0.4, -0.2) is 0 Å². The van der Waals surface area contributed by atoms with Gasteiger partial charge in [-0.25, -0.2) is 0 Å². The molecule has 0 aromatic rings. The Kier molecular flexibility index (Phi) is 4.01. The molecule has 1 heteroatoms. The molecule has 8 rings (SSSR count). The van der Waals surface area contributed by atoms with E-state index in [2.05, 4.69) is 0 Å². The van der Waals surface area contributed by atoms with E-state index in [1.54, 1.807) is 103 Å². The van der Waals surface area contributed by atoms with Gasteiger partial charge in [0.1, 0.15) is 0 Å². The molecule has 0 spiro atoms. The van der Waals surface area contributed by atoms with Crippen molar-refractivity contribution in [2.45, 2.75) is 120 Å². The average molecular weight is 429 g/mol. The van der Waals surface area contributed by atoms with Crippen molar-refractivity contribution in [2.75, 3.05) is 0 Å². The van der Waals surface area contributed by atoms with Crippen molar-refractivity contribution in [1.82, 2.24) is 0 Å². The Balaban J connectivity index is 1.29. The summed E-state index contributed by atoms with van der Waals surface area (Å²) in [5.74, 6) is 9.79. The van der Waals surface area contributed by atoms with Crippen LogP contribution in [0.5, 0.6) is 0 Å². The summed E-state index contributed by atoms with van der Waals surface area (Å²) < 4.78 is 5.47. The zero-order valence-corrected chi connectivity index (χ0v) is 20.3. The van der Waals surface area contributed by atoms with Crippen LogP contribution in [0.25, 0.3) is 0 Å². The molecule has 160 valence electrons. The Morgan fingerprint density at radius 2 is 0.586 bits per heavy atom. The van der Waals surface area contributed by atoms with Gasteiger partial charge in [-0.3, -0.25) is 0 Å². The number of hydrogen-bond acceptors (Lipinski definition) is 0. The monoisotopic (exact) mass is 428 g/mol. The van der Waals surface area contributed by atoms with Crippen LogP contribution < -0.4 is 0 Å². The van der Waals surface area contributed by atoms with Gasteiger partial charge in [-0.2, -0.15) is 0 Å². The quantitative estimate of drug-likeness (QED) is 0.393. The second kappa shape index (κ2) is 6.40. The molecule has 0 nitrogen and oxygen atoms in total. The van der Waals surface area contributed by atoms with E-state index < -0.39 is 16.6 Å². The molecule has 8 fully saturated rings. The van der Waals surface area contributed by atoms with Gasteiger partial charge in [-0.1, -0.05) is 0 Å². The topological polar surface area (TPSA) is 0 Å². The summed E-state index contributed by atoms with van der Waals surface area (Å²) >= 11 is -2.02. The van der Waals surface area contributed by atoms with Crippen LogP contribution in [0, 0.1) is 47.3 Å². The van der Waals surface area contributed by atoms with E-state index in [-0.39, 0.29) is 0 Å². The Bertz CT molecular complexity index is 566. The van der Waals surface area contributed by atoms with Gasteiger partial charge >= 0.3 is 184 Å². The molecule has 0 amide bonds. The van der Waals surface area contributed by atoms with Crippen molar-refractivity contribution in [3.63, 3.8) is 0 Å². The molecule has 29 heavy (non-hydrogen) atoms. The number of fused-ring (bicyclic) bond motifs is 8. The first-order chi connectivity index (χ1) is 14.3. The van der Waals surface area contributed by atoms with Gasteiger partial charge in [-0.15, -0.1) is 0 Å². The molecule has 0 aromatic heterocycles. The molecule has 8 bridgehead atoms. The Morgan fingerprint density at radius 1 is 0.310 bits per heavy atom. The molecule has 12 atom stereocenters. The zero-order chi connectivity index (χ0) is 18.7. The summed E-state index contributed by atoms with van der Waals surface area (Å²) in [6.45, 7) is 0. The van der Waals surface area contributed by atoms with Gasteiger partial charge < -0.3 is 0 Å². The molecule has 8 aliphatic rings. The molecule has 0 heterocycles. The first-order valence-corrected chi connectivity index (χ1v) is 17.9. The summed E-state index contributed by atoms with van der Waals surface area (Å²) in [7, 11) is 0. The van der Waals surface area contributed by atoms with Gasteiger partial charge in [0.05, 0.1) is 0 Å². The van der Waals surface area contributed by atoms with E-state index in [4.69, 9.17) is 0 Å². The van der Waals surface area contributed by atoms with Crippen molar-refractivity contribution in [1.29, 1.82) is 0 Å². The predicted molar refractivity (Wildman–Crippen MR) is 117 cm³/mol. The van der Waals surface area contributed by atoms with Crippen molar-refractivity contribution in [3.05, 3.63) is 0 Å². The van der Waals surface area contributed by atoms with Crippen molar-refractivity contribution < 1.29 is 16.6 Å². The average Bonchev–Trinajstić information content (AvgIpc) is 3.58. The van der Waals surface area contributed by atoms with E-state index in [0.717, 1.165) is 0 Å². The second-order valence-corrected chi connectivity index (χ2v) is 21.9. The standard InChI is InChI=1S/4C7H11.Ti/c4*1-2-7-4-3-6(1)5-7;/h4*1,6-7H,2-5H2;. The summed E-state index contributed by atoms with van der Waals surface area (Å²) in [6, 6.07) is 0. The van der Waals surface area contributed by atoms with E-state index in [1.165, 1.54) is 64.2 Å². The second-order valence-electron chi connectivity index (χ2n) is 14.1. The Labute approximate surface area is 183 Å². The summed E-state index contributed by atoms with van der Waals surface area (Å²) in [4.78, 5) is 0. The molecule has 0 saturated heterocycles. The third-order valence-corrected chi connectivity index (χ3v) is 26.0. The van der Waals surface area contributed by atoms with Gasteiger partial charge in [-0.05, 0) is 0 Å². The molecular formula is C28H44Ti. The summed E-state index contributed by atoms with van der Waals surface area (Å²) in [6.07, 6.45) is 27.3. The predicted octanol–water partition coefficient (Wildman–Crippen LogP) is 8.57. The normalized spacial score (nSPS) is 61.2. The van der Waals surface area contributed by atoms with Crippen LogP contribution >= 0.6 is 0 Å². The van der Waals surface area contributed by atoms with Crippen molar-refractivity contribution >= 4 is 0 Å². The van der Waals surface area contributed by atoms with Gasteiger partial charge in [0.15, 0.2) is 0 Å².